The minimum atomic E-state index is -1.17. The smallest absolute Gasteiger partial charge is 0.328 e. The summed E-state index contributed by atoms with van der Waals surface area (Å²) in [5.74, 6) is -4.07. The van der Waals surface area contributed by atoms with Crippen molar-refractivity contribution in [3.63, 3.8) is 0 Å². The van der Waals surface area contributed by atoms with E-state index in [-0.39, 0.29) is 30.4 Å². The zero-order valence-corrected chi connectivity index (χ0v) is 24.7. The molecule has 3 rings (SSSR count). The van der Waals surface area contributed by atoms with Crippen molar-refractivity contribution in [3.05, 3.63) is 88.2 Å². The molecule has 1 aromatic heterocycles. The van der Waals surface area contributed by atoms with Gasteiger partial charge in [0.1, 0.15) is 23.8 Å². The second-order valence-corrected chi connectivity index (χ2v) is 9.65. The highest BCUT2D eigenvalue weighted by atomic mass is 19.1. The van der Waals surface area contributed by atoms with Crippen molar-refractivity contribution in [1.29, 1.82) is 0 Å². The lowest BCUT2D eigenvalue weighted by atomic mass is 9.82. The summed E-state index contributed by atoms with van der Waals surface area (Å²) in [7, 11) is 4.27. The Labute approximate surface area is 248 Å². The van der Waals surface area contributed by atoms with E-state index in [0.29, 0.717) is 22.3 Å². The third-order valence-electron chi connectivity index (χ3n) is 6.50. The van der Waals surface area contributed by atoms with Gasteiger partial charge in [-0.15, -0.1) is 0 Å². The number of nitrogens with one attached hydrogen (secondary N) is 1. The Bertz CT molecular complexity index is 1410. The van der Waals surface area contributed by atoms with Crippen molar-refractivity contribution in [1.82, 2.24) is 10.3 Å². The standard InChI is InChI=1S/C31H34F2N2O8/c1-17(35-30(37)28-29(43-19(3)36)26(41-6)11-12-34-28)31(38)42-18(2)27(24-9-7-22(32)13-20(24)15-39-4)25-10-8-23(33)14-21(25)16-40-5/h7-14,17-18,27H,15-16H2,1-6H3,(H,35,37)/t17-,18-/m0/s1. The number of methoxy groups -OCH3 is 3. The van der Waals surface area contributed by atoms with Crippen LogP contribution in [0.2, 0.25) is 0 Å². The predicted molar refractivity (Wildman–Crippen MR) is 151 cm³/mol. The Balaban J connectivity index is 1.94. The number of hydrogen-bond acceptors (Lipinski definition) is 9. The molecule has 0 bridgehead atoms. The van der Waals surface area contributed by atoms with E-state index in [1.807, 2.05) is 0 Å². The van der Waals surface area contributed by atoms with Gasteiger partial charge in [-0.1, -0.05) is 12.1 Å². The van der Waals surface area contributed by atoms with Gasteiger partial charge in [-0.2, -0.15) is 0 Å². The highest BCUT2D eigenvalue weighted by Gasteiger charge is 2.31. The normalized spacial score (nSPS) is 12.4. The van der Waals surface area contributed by atoms with Gasteiger partial charge < -0.3 is 29.0 Å². The molecule has 43 heavy (non-hydrogen) atoms. The molecule has 1 amide bonds. The molecule has 0 aliphatic rings. The number of aromatic nitrogens is 1. The molecule has 0 saturated carbocycles. The third kappa shape index (κ3) is 8.33. The summed E-state index contributed by atoms with van der Waals surface area (Å²) in [4.78, 5) is 41.9. The Morgan fingerprint density at radius 3 is 1.93 bits per heavy atom. The number of rotatable bonds is 13. The monoisotopic (exact) mass is 600 g/mol. The maximum absolute atomic E-state index is 14.2. The molecule has 0 aliphatic carbocycles. The maximum Gasteiger partial charge on any atom is 0.328 e. The second-order valence-electron chi connectivity index (χ2n) is 9.65. The number of esters is 2. The van der Waals surface area contributed by atoms with E-state index in [4.69, 9.17) is 23.7 Å². The van der Waals surface area contributed by atoms with Crippen molar-refractivity contribution in [2.24, 2.45) is 0 Å². The summed E-state index contributed by atoms with van der Waals surface area (Å²) in [6, 6.07) is 8.57. The zero-order chi connectivity index (χ0) is 31.7. The molecule has 0 saturated heterocycles. The fourth-order valence-electron chi connectivity index (χ4n) is 4.66. The number of amides is 1. The molecular formula is C31H34F2N2O8. The molecule has 1 N–H and O–H groups in total. The lowest BCUT2D eigenvalue weighted by molar-refractivity contribution is -0.150. The summed E-state index contributed by atoms with van der Waals surface area (Å²) in [5, 5.41) is 2.50. The average Bonchev–Trinajstić information content (AvgIpc) is 2.95. The number of benzene rings is 2. The van der Waals surface area contributed by atoms with Gasteiger partial charge in [-0.05, 0) is 60.4 Å². The molecule has 0 radical (unpaired) electrons. The van der Waals surface area contributed by atoms with Crippen molar-refractivity contribution >= 4 is 17.8 Å². The number of ether oxygens (including phenoxy) is 5. The lowest BCUT2D eigenvalue weighted by Crippen LogP contribution is -2.42. The number of hydrogen-bond donors (Lipinski definition) is 1. The van der Waals surface area contributed by atoms with Crippen molar-refractivity contribution < 1.29 is 46.8 Å². The SMILES string of the molecule is COCc1cc(F)ccc1C(c1ccc(F)cc1COC)[C@H](C)OC(=O)[C@H](C)NC(=O)c1nccc(OC)c1OC(C)=O. The first-order valence-electron chi connectivity index (χ1n) is 13.3. The second kappa shape index (κ2) is 15.2. The Morgan fingerprint density at radius 2 is 1.44 bits per heavy atom. The molecule has 0 spiro atoms. The van der Waals surface area contributed by atoms with E-state index in [1.165, 1.54) is 64.8 Å². The van der Waals surface area contributed by atoms with E-state index in [9.17, 15) is 23.2 Å². The van der Waals surface area contributed by atoms with Crippen LogP contribution in [0.1, 0.15) is 59.4 Å². The first kappa shape index (κ1) is 33.1. The Hall–Kier alpha value is -4.42. The zero-order valence-electron chi connectivity index (χ0n) is 24.7. The number of carbonyl (C=O) groups is 3. The van der Waals surface area contributed by atoms with E-state index in [1.54, 1.807) is 19.1 Å². The number of pyridine rings is 1. The highest BCUT2D eigenvalue weighted by molar-refractivity contribution is 5.98. The molecule has 3 aromatic rings. The summed E-state index contributed by atoms with van der Waals surface area (Å²) in [6.07, 6.45) is 0.400. The van der Waals surface area contributed by atoms with Crippen molar-refractivity contribution in [2.45, 2.75) is 52.0 Å². The van der Waals surface area contributed by atoms with Crippen LogP contribution >= 0.6 is 0 Å². The first-order valence-corrected chi connectivity index (χ1v) is 13.3. The van der Waals surface area contributed by atoms with E-state index in [2.05, 4.69) is 10.3 Å². The number of carbonyl (C=O) groups excluding carboxylic acids is 3. The van der Waals surface area contributed by atoms with Gasteiger partial charge in [0.25, 0.3) is 5.91 Å². The van der Waals surface area contributed by atoms with Gasteiger partial charge in [0.2, 0.25) is 5.75 Å². The summed E-state index contributed by atoms with van der Waals surface area (Å²) < 4.78 is 55.1. The molecule has 0 aliphatic heterocycles. The Morgan fingerprint density at radius 1 is 0.884 bits per heavy atom. The minimum Gasteiger partial charge on any atom is -0.493 e. The van der Waals surface area contributed by atoms with Gasteiger partial charge in [0.15, 0.2) is 11.4 Å². The molecule has 230 valence electrons. The van der Waals surface area contributed by atoms with Crippen LogP contribution in [0.5, 0.6) is 11.5 Å². The van der Waals surface area contributed by atoms with Crippen LogP contribution in [0.4, 0.5) is 8.78 Å². The largest absolute Gasteiger partial charge is 0.493 e. The summed E-state index contributed by atoms with van der Waals surface area (Å²) in [5.41, 5.74) is 1.93. The van der Waals surface area contributed by atoms with Crippen LogP contribution < -0.4 is 14.8 Å². The lowest BCUT2D eigenvalue weighted by Gasteiger charge is -2.29. The summed E-state index contributed by atoms with van der Waals surface area (Å²) >= 11 is 0. The van der Waals surface area contributed by atoms with Crippen LogP contribution in [-0.2, 0) is 37.0 Å². The molecular weight excluding hydrogens is 566 g/mol. The number of halogens is 2. The van der Waals surface area contributed by atoms with Gasteiger partial charge >= 0.3 is 11.9 Å². The minimum absolute atomic E-state index is 0.0652. The van der Waals surface area contributed by atoms with Crippen LogP contribution in [0, 0.1) is 11.6 Å². The fraction of sp³-hybridized carbons (Fsp3) is 0.355. The quantitative estimate of drug-likeness (QED) is 0.283. The Kier molecular flexibility index (Phi) is 11.7. The van der Waals surface area contributed by atoms with Crippen molar-refractivity contribution in [3.8, 4) is 11.5 Å². The van der Waals surface area contributed by atoms with E-state index in [0.717, 1.165) is 6.92 Å². The molecule has 12 heteroatoms. The highest BCUT2D eigenvalue weighted by Crippen LogP contribution is 2.36. The topological polar surface area (TPSA) is 122 Å². The molecule has 0 unspecified atom stereocenters. The van der Waals surface area contributed by atoms with E-state index >= 15 is 0 Å². The molecule has 2 atom stereocenters. The molecule has 10 nitrogen and oxygen atoms in total. The van der Waals surface area contributed by atoms with Gasteiger partial charge in [0, 0.05) is 39.3 Å². The molecule has 0 fully saturated rings. The molecule has 2 aromatic carbocycles. The average molecular weight is 601 g/mol. The van der Waals surface area contributed by atoms with Crippen LogP contribution in [0.15, 0.2) is 48.7 Å². The number of nitrogens with zero attached hydrogens (tertiary/aromatic N) is 1. The molecule has 1 heterocycles. The van der Waals surface area contributed by atoms with E-state index < -0.39 is 47.5 Å². The van der Waals surface area contributed by atoms with Crippen molar-refractivity contribution in [2.75, 3.05) is 21.3 Å². The fourth-order valence-corrected chi connectivity index (χ4v) is 4.66. The first-order chi connectivity index (χ1) is 20.5. The third-order valence-corrected chi connectivity index (χ3v) is 6.50. The van der Waals surface area contributed by atoms with Gasteiger partial charge in [-0.3, -0.25) is 9.59 Å². The maximum atomic E-state index is 14.2. The van der Waals surface area contributed by atoms with Crippen LogP contribution in [0.25, 0.3) is 0 Å². The van der Waals surface area contributed by atoms with Crippen LogP contribution in [0.3, 0.4) is 0 Å². The summed E-state index contributed by atoms with van der Waals surface area (Å²) in [6.45, 7) is 4.34. The van der Waals surface area contributed by atoms with Crippen LogP contribution in [-0.4, -0.2) is 56.3 Å². The van der Waals surface area contributed by atoms with Gasteiger partial charge in [-0.25, -0.2) is 18.6 Å². The van der Waals surface area contributed by atoms with Gasteiger partial charge in [0.05, 0.1) is 20.3 Å². The predicted octanol–water partition coefficient (Wildman–Crippen LogP) is 4.47.